The van der Waals surface area contributed by atoms with Crippen molar-refractivity contribution in [2.75, 3.05) is 5.32 Å². The van der Waals surface area contributed by atoms with Crippen molar-refractivity contribution in [3.63, 3.8) is 0 Å². The van der Waals surface area contributed by atoms with Crippen molar-refractivity contribution < 1.29 is 14.6 Å². The van der Waals surface area contributed by atoms with Gasteiger partial charge in [-0.05, 0) is 24.3 Å². The summed E-state index contributed by atoms with van der Waals surface area (Å²) in [6.45, 7) is 1.20. The third kappa shape index (κ3) is 3.29. The van der Waals surface area contributed by atoms with Crippen LogP contribution in [0.5, 0.6) is 11.5 Å². The van der Waals surface area contributed by atoms with Gasteiger partial charge >= 0.3 is 0 Å². The number of anilines is 1. The fraction of sp³-hybridized carbons (Fsp3) is 0.133. The molecule has 0 heterocycles. The number of carbonyl (C=O) groups excluding carboxylic acids is 1. The van der Waals surface area contributed by atoms with Crippen LogP contribution >= 0.6 is 11.6 Å². The third-order valence-corrected chi connectivity index (χ3v) is 3.01. The van der Waals surface area contributed by atoms with Crippen LogP contribution in [-0.4, -0.2) is 11.0 Å². The summed E-state index contributed by atoms with van der Waals surface area (Å²) < 4.78 is 5.75. The fourth-order valence-corrected chi connectivity index (χ4v) is 1.98. The van der Waals surface area contributed by atoms with Crippen molar-refractivity contribution in [2.45, 2.75) is 13.5 Å². The van der Waals surface area contributed by atoms with Gasteiger partial charge in [-0.2, -0.15) is 0 Å². The minimum atomic E-state index is -0.225. The van der Waals surface area contributed by atoms with Gasteiger partial charge in [-0.1, -0.05) is 29.8 Å². The van der Waals surface area contributed by atoms with E-state index in [1.807, 2.05) is 0 Å². The van der Waals surface area contributed by atoms with Crippen molar-refractivity contribution >= 4 is 23.2 Å². The predicted octanol–water partition coefficient (Wildman–Crippen LogP) is 3.58. The maximum absolute atomic E-state index is 11.2. The van der Waals surface area contributed by atoms with Gasteiger partial charge < -0.3 is 15.2 Å². The van der Waals surface area contributed by atoms with Crippen LogP contribution in [0.15, 0.2) is 42.5 Å². The van der Waals surface area contributed by atoms with E-state index in [2.05, 4.69) is 5.32 Å². The Kier molecular flexibility index (Phi) is 4.61. The number of amides is 1. The van der Waals surface area contributed by atoms with Crippen molar-refractivity contribution in [1.82, 2.24) is 0 Å². The number of para-hydroxylation sites is 2. The lowest BCUT2D eigenvalue weighted by Gasteiger charge is -2.14. The highest BCUT2D eigenvalue weighted by molar-refractivity contribution is 6.31. The van der Waals surface area contributed by atoms with E-state index in [9.17, 15) is 9.90 Å². The molecule has 2 aromatic rings. The molecule has 5 heteroatoms. The van der Waals surface area contributed by atoms with E-state index in [0.717, 1.165) is 0 Å². The summed E-state index contributed by atoms with van der Waals surface area (Å²) >= 11 is 6.01. The molecule has 0 saturated heterocycles. The van der Waals surface area contributed by atoms with Gasteiger partial charge in [0.2, 0.25) is 5.91 Å². The molecule has 0 aliphatic carbocycles. The van der Waals surface area contributed by atoms with Gasteiger partial charge in [0, 0.05) is 17.5 Å². The Hall–Kier alpha value is -2.04. The monoisotopic (exact) mass is 291 g/mol. The average Bonchev–Trinajstić information content (AvgIpc) is 2.41. The number of ether oxygens (including phenoxy) is 1. The Morgan fingerprint density at radius 3 is 2.60 bits per heavy atom. The number of carbonyl (C=O) groups is 1. The molecule has 2 aromatic carbocycles. The van der Waals surface area contributed by atoms with Crippen LogP contribution in [0.4, 0.5) is 5.69 Å². The van der Waals surface area contributed by atoms with Gasteiger partial charge in [0.15, 0.2) is 5.75 Å². The van der Waals surface area contributed by atoms with E-state index < -0.39 is 0 Å². The molecule has 0 aliphatic heterocycles. The second-order valence-electron chi connectivity index (χ2n) is 4.15. The molecule has 0 atom stereocenters. The summed E-state index contributed by atoms with van der Waals surface area (Å²) in [6.07, 6.45) is 0. The average molecular weight is 292 g/mol. The number of rotatable bonds is 4. The number of nitrogens with one attached hydrogen (secondary N) is 1. The molecule has 4 nitrogen and oxygen atoms in total. The molecule has 0 saturated carbocycles. The zero-order chi connectivity index (χ0) is 14.5. The lowest BCUT2D eigenvalue weighted by atomic mass is 10.2. The first-order valence-electron chi connectivity index (χ1n) is 6.04. The van der Waals surface area contributed by atoms with Crippen molar-refractivity contribution in [1.29, 1.82) is 0 Å². The second kappa shape index (κ2) is 6.41. The summed E-state index contributed by atoms with van der Waals surface area (Å²) in [5.74, 6) is 0.756. The molecule has 0 unspecified atom stereocenters. The standard InChI is InChI=1S/C15H14ClNO3/c1-10(19)17-13-6-2-3-7-15(13)20-14-8-4-5-12(16)11(14)9-18/h2-8,18H,9H2,1H3,(H,17,19). The number of aliphatic hydroxyl groups excluding tert-OH is 1. The first-order valence-corrected chi connectivity index (χ1v) is 6.42. The minimum absolute atomic E-state index is 0.186. The highest BCUT2D eigenvalue weighted by Gasteiger charge is 2.11. The molecule has 0 fully saturated rings. The Balaban J connectivity index is 2.35. The van der Waals surface area contributed by atoms with Gasteiger partial charge in [0.1, 0.15) is 5.75 Å². The molecular formula is C15H14ClNO3. The Morgan fingerprint density at radius 1 is 1.20 bits per heavy atom. The van der Waals surface area contributed by atoms with E-state index in [-0.39, 0.29) is 12.5 Å². The molecule has 0 aliphatic rings. The summed E-state index contributed by atoms with van der Waals surface area (Å²) in [6, 6.07) is 12.2. The number of hydrogen-bond donors (Lipinski definition) is 2. The van der Waals surface area contributed by atoms with E-state index in [0.29, 0.717) is 27.8 Å². The highest BCUT2D eigenvalue weighted by Crippen LogP contribution is 2.34. The van der Waals surface area contributed by atoms with E-state index in [1.165, 1.54) is 6.92 Å². The Morgan fingerprint density at radius 2 is 1.90 bits per heavy atom. The van der Waals surface area contributed by atoms with Crippen LogP contribution in [0.1, 0.15) is 12.5 Å². The quantitative estimate of drug-likeness (QED) is 0.905. The number of aliphatic hydroxyl groups is 1. The van der Waals surface area contributed by atoms with Crippen LogP contribution in [0.25, 0.3) is 0 Å². The first-order chi connectivity index (χ1) is 9.61. The molecule has 0 aromatic heterocycles. The zero-order valence-electron chi connectivity index (χ0n) is 10.9. The number of benzene rings is 2. The van der Waals surface area contributed by atoms with Gasteiger partial charge in [-0.25, -0.2) is 0 Å². The molecule has 20 heavy (non-hydrogen) atoms. The van der Waals surface area contributed by atoms with E-state index in [4.69, 9.17) is 16.3 Å². The molecule has 1 amide bonds. The van der Waals surface area contributed by atoms with Crippen molar-refractivity contribution in [3.05, 3.63) is 53.1 Å². The first kappa shape index (κ1) is 14.4. The molecular weight excluding hydrogens is 278 g/mol. The van der Waals surface area contributed by atoms with Gasteiger partial charge in [0.25, 0.3) is 0 Å². The van der Waals surface area contributed by atoms with E-state index in [1.54, 1.807) is 42.5 Å². The highest BCUT2D eigenvalue weighted by atomic mass is 35.5. The summed E-state index contributed by atoms with van der Waals surface area (Å²) in [5, 5.41) is 12.5. The van der Waals surface area contributed by atoms with Crippen LogP contribution in [-0.2, 0) is 11.4 Å². The van der Waals surface area contributed by atoms with Crippen LogP contribution in [0.2, 0.25) is 5.02 Å². The maximum Gasteiger partial charge on any atom is 0.221 e. The molecule has 0 radical (unpaired) electrons. The topological polar surface area (TPSA) is 58.6 Å². The molecule has 0 spiro atoms. The zero-order valence-corrected chi connectivity index (χ0v) is 11.6. The van der Waals surface area contributed by atoms with Gasteiger partial charge in [0.05, 0.1) is 12.3 Å². The molecule has 0 bridgehead atoms. The van der Waals surface area contributed by atoms with E-state index >= 15 is 0 Å². The largest absolute Gasteiger partial charge is 0.455 e. The summed E-state index contributed by atoms with van der Waals surface area (Å²) in [5.41, 5.74) is 1.07. The van der Waals surface area contributed by atoms with Crippen LogP contribution in [0.3, 0.4) is 0 Å². The molecule has 2 N–H and O–H groups in total. The smallest absolute Gasteiger partial charge is 0.221 e. The normalized spacial score (nSPS) is 10.2. The van der Waals surface area contributed by atoms with Gasteiger partial charge in [-0.15, -0.1) is 0 Å². The number of hydrogen-bond acceptors (Lipinski definition) is 3. The minimum Gasteiger partial charge on any atom is -0.455 e. The van der Waals surface area contributed by atoms with Crippen molar-refractivity contribution in [2.24, 2.45) is 0 Å². The lowest BCUT2D eigenvalue weighted by Crippen LogP contribution is -2.07. The van der Waals surface area contributed by atoms with Gasteiger partial charge in [-0.3, -0.25) is 4.79 Å². The van der Waals surface area contributed by atoms with Crippen molar-refractivity contribution in [3.8, 4) is 11.5 Å². The summed E-state index contributed by atoms with van der Waals surface area (Å²) in [7, 11) is 0. The Labute approximate surface area is 122 Å². The SMILES string of the molecule is CC(=O)Nc1ccccc1Oc1cccc(Cl)c1CO. The predicted molar refractivity (Wildman–Crippen MR) is 78.2 cm³/mol. The number of halogens is 1. The fourth-order valence-electron chi connectivity index (χ4n) is 1.75. The second-order valence-corrected chi connectivity index (χ2v) is 4.56. The van der Waals surface area contributed by atoms with Crippen LogP contribution < -0.4 is 10.1 Å². The molecule has 104 valence electrons. The maximum atomic E-state index is 11.2. The Bertz CT molecular complexity index is 628. The van der Waals surface area contributed by atoms with Crippen LogP contribution in [0, 0.1) is 0 Å². The molecule has 2 rings (SSSR count). The summed E-state index contributed by atoms with van der Waals surface area (Å²) in [4.78, 5) is 11.2. The third-order valence-electron chi connectivity index (χ3n) is 2.65. The lowest BCUT2D eigenvalue weighted by molar-refractivity contribution is -0.114.